The third kappa shape index (κ3) is 2.19. The molecule has 2 aromatic heterocycles. The average Bonchev–Trinajstić information content (AvgIpc) is 2.75. The second-order valence-electron chi connectivity index (χ2n) is 3.28. The third-order valence-electron chi connectivity index (χ3n) is 2.17. The lowest BCUT2D eigenvalue weighted by Gasteiger charge is -2.01. The highest BCUT2D eigenvalue weighted by Crippen LogP contribution is 2.12. The minimum atomic E-state index is 0.0493. The van der Waals surface area contributed by atoms with Crippen LogP contribution in [0.5, 0.6) is 0 Å². The summed E-state index contributed by atoms with van der Waals surface area (Å²) >= 11 is 3.32. The topological polar surface area (TPSA) is 47.8 Å². The van der Waals surface area contributed by atoms with Crippen molar-refractivity contribution in [3.8, 4) is 5.69 Å². The van der Waals surface area contributed by atoms with Crippen LogP contribution in [-0.4, -0.2) is 20.5 Å². The quantitative estimate of drug-likeness (QED) is 0.812. The van der Waals surface area contributed by atoms with Crippen LogP contribution in [0.1, 0.15) is 23.8 Å². The van der Waals surface area contributed by atoms with Crippen LogP contribution < -0.4 is 0 Å². The van der Waals surface area contributed by atoms with Gasteiger partial charge in [-0.15, -0.1) is 0 Å². The zero-order valence-corrected chi connectivity index (χ0v) is 10.3. The van der Waals surface area contributed by atoms with Gasteiger partial charge >= 0.3 is 0 Å². The van der Waals surface area contributed by atoms with Crippen molar-refractivity contribution in [2.45, 2.75) is 13.3 Å². The number of rotatable bonds is 3. The summed E-state index contributed by atoms with van der Waals surface area (Å²) in [6.45, 7) is 1.82. The maximum atomic E-state index is 11.4. The summed E-state index contributed by atoms with van der Waals surface area (Å²) in [6, 6.07) is 3.55. The molecule has 0 unspecified atom stereocenters. The van der Waals surface area contributed by atoms with Crippen molar-refractivity contribution in [1.29, 1.82) is 0 Å². The van der Waals surface area contributed by atoms with Gasteiger partial charge in [-0.2, -0.15) is 5.10 Å². The van der Waals surface area contributed by atoms with Gasteiger partial charge in [0.2, 0.25) is 0 Å². The van der Waals surface area contributed by atoms with Crippen LogP contribution in [0.3, 0.4) is 0 Å². The van der Waals surface area contributed by atoms with Gasteiger partial charge in [0.1, 0.15) is 5.69 Å². The van der Waals surface area contributed by atoms with E-state index in [-0.39, 0.29) is 5.78 Å². The molecular formula is C11H10BrN3O. The van der Waals surface area contributed by atoms with E-state index in [1.54, 1.807) is 23.1 Å². The Kier molecular flexibility index (Phi) is 3.14. The number of aromatic nitrogens is 3. The van der Waals surface area contributed by atoms with Gasteiger partial charge in [-0.25, -0.2) is 4.68 Å². The summed E-state index contributed by atoms with van der Waals surface area (Å²) < 4.78 is 2.60. The minimum Gasteiger partial charge on any atom is -0.292 e. The molecule has 0 fully saturated rings. The highest BCUT2D eigenvalue weighted by Gasteiger charge is 2.05. The molecule has 0 saturated heterocycles. The monoisotopic (exact) mass is 279 g/mol. The predicted octanol–water partition coefficient (Wildman–Crippen LogP) is 2.62. The minimum absolute atomic E-state index is 0.0493. The summed E-state index contributed by atoms with van der Waals surface area (Å²) in [5.74, 6) is 0.0493. The molecule has 0 aliphatic heterocycles. The summed E-state index contributed by atoms with van der Waals surface area (Å²) in [4.78, 5) is 15.5. The van der Waals surface area contributed by atoms with Crippen LogP contribution in [0.25, 0.3) is 5.69 Å². The molecule has 16 heavy (non-hydrogen) atoms. The first-order valence-corrected chi connectivity index (χ1v) is 5.70. The largest absolute Gasteiger partial charge is 0.292 e. The van der Waals surface area contributed by atoms with Crippen molar-refractivity contribution < 1.29 is 4.79 Å². The molecule has 0 aliphatic carbocycles. The highest BCUT2D eigenvalue weighted by atomic mass is 79.9. The zero-order chi connectivity index (χ0) is 11.5. The summed E-state index contributed by atoms with van der Waals surface area (Å²) in [5, 5.41) is 4.13. The first-order valence-electron chi connectivity index (χ1n) is 4.90. The van der Waals surface area contributed by atoms with Crippen LogP contribution in [0.2, 0.25) is 0 Å². The number of hydrogen-bond acceptors (Lipinski definition) is 3. The standard InChI is InChI=1S/C11H10BrN3O/c1-2-11(16)10-4-3-9(6-13-10)15-7-8(12)5-14-15/h3-7H,2H2,1H3. The molecule has 2 heterocycles. The number of halogens is 1. The van der Waals surface area contributed by atoms with E-state index < -0.39 is 0 Å². The Hall–Kier alpha value is -1.49. The Bertz CT molecular complexity index is 504. The lowest BCUT2D eigenvalue weighted by Crippen LogP contribution is -2.02. The Morgan fingerprint density at radius 2 is 2.25 bits per heavy atom. The molecule has 82 valence electrons. The summed E-state index contributed by atoms with van der Waals surface area (Å²) in [6.07, 6.45) is 5.64. The lowest BCUT2D eigenvalue weighted by atomic mass is 10.2. The molecule has 0 amide bonds. The van der Waals surface area contributed by atoms with Crippen molar-refractivity contribution in [1.82, 2.24) is 14.8 Å². The second kappa shape index (κ2) is 4.57. The molecule has 0 spiro atoms. The molecule has 0 bridgehead atoms. The Balaban J connectivity index is 2.29. The highest BCUT2D eigenvalue weighted by molar-refractivity contribution is 9.10. The van der Waals surface area contributed by atoms with E-state index in [2.05, 4.69) is 26.0 Å². The van der Waals surface area contributed by atoms with E-state index >= 15 is 0 Å². The average molecular weight is 280 g/mol. The zero-order valence-electron chi connectivity index (χ0n) is 8.72. The molecule has 5 heteroatoms. The molecule has 4 nitrogen and oxygen atoms in total. The van der Waals surface area contributed by atoms with E-state index in [0.29, 0.717) is 12.1 Å². The molecule has 0 saturated carbocycles. The van der Waals surface area contributed by atoms with Gasteiger partial charge < -0.3 is 0 Å². The Morgan fingerprint density at radius 3 is 2.75 bits per heavy atom. The smallest absolute Gasteiger partial charge is 0.180 e. The van der Waals surface area contributed by atoms with Crippen molar-refractivity contribution in [2.75, 3.05) is 0 Å². The fourth-order valence-electron chi connectivity index (χ4n) is 1.31. The van der Waals surface area contributed by atoms with E-state index in [1.807, 2.05) is 19.2 Å². The van der Waals surface area contributed by atoms with E-state index in [9.17, 15) is 4.79 Å². The van der Waals surface area contributed by atoms with E-state index in [0.717, 1.165) is 10.2 Å². The normalized spacial score (nSPS) is 10.4. The molecule has 0 aliphatic rings. The second-order valence-corrected chi connectivity index (χ2v) is 4.20. The van der Waals surface area contributed by atoms with Crippen LogP contribution in [0, 0.1) is 0 Å². The first-order chi connectivity index (χ1) is 7.70. The van der Waals surface area contributed by atoms with Gasteiger partial charge in [0.05, 0.1) is 22.6 Å². The van der Waals surface area contributed by atoms with Crippen molar-refractivity contribution in [2.24, 2.45) is 0 Å². The summed E-state index contributed by atoms with van der Waals surface area (Å²) in [7, 11) is 0. The molecule has 2 rings (SSSR count). The van der Waals surface area contributed by atoms with Gasteiger partial charge in [0, 0.05) is 12.6 Å². The molecular weight excluding hydrogens is 270 g/mol. The maximum absolute atomic E-state index is 11.4. The Labute approximate surface area is 101 Å². The molecule has 0 N–H and O–H groups in total. The van der Waals surface area contributed by atoms with E-state index in [1.165, 1.54) is 0 Å². The summed E-state index contributed by atoms with van der Waals surface area (Å²) in [5.41, 5.74) is 1.33. The number of carbonyl (C=O) groups excluding carboxylic acids is 1. The third-order valence-corrected chi connectivity index (χ3v) is 2.58. The molecule has 2 aromatic rings. The SMILES string of the molecule is CCC(=O)c1ccc(-n2cc(Br)cn2)cn1. The molecule has 0 atom stereocenters. The van der Waals surface area contributed by atoms with Crippen molar-refractivity contribution in [3.63, 3.8) is 0 Å². The van der Waals surface area contributed by atoms with Gasteiger partial charge in [-0.05, 0) is 28.1 Å². The maximum Gasteiger partial charge on any atom is 0.180 e. The van der Waals surface area contributed by atoms with Crippen molar-refractivity contribution >= 4 is 21.7 Å². The predicted molar refractivity (Wildman–Crippen MR) is 63.7 cm³/mol. The number of ketones is 1. The molecule has 0 aromatic carbocycles. The Morgan fingerprint density at radius 1 is 1.44 bits per heavy atom. The fraction of sp³-hybridized carbons (Fsp3) is 0.182. The van der Waals surface area contributed by atoms with Crippen LogP contribution in [0.4, 0.5) is 0 Å². The van der Waals surface area contributed by atoms with Crippen LogP contribution in [-0.2, 0) is 0 Å². The molecule has 0 radical (unpaired) electrons. The number of Topliss-reactive ketones (excluding diaryl/α,β-unsaturated/α-hetero) is 1. The van der Waals surface area contributed by atoms with Gasteiger partial charge in [0.15, 0.2) is 5.78 Å². The van der Waals surface area contributed by atoms with Crippen molar-refractivity contribution in [3.05, 3.63) is 40.9 Å². The number of pyridine rings is 1. The van der Waals surface area contributed by atoms with Gasteiger partial charge in [0.25, 0.3) is 0 Å². The number of carbonyl (C=O) groups is 1. The van der Waals surface area contributed by atoms with E-state index in [4.69, 9.17) is 0 Å². The lowest BCUT2D eigenvalue weighted by molar-refractivity contribution is 0.0983. The van der Waals surface area contributed by atoms with Gasteiger partial charge in [-0.3, -0.25) is 9.78 Å². The number of nitrogens with zero attached hydrogens (tertiary/aromatic N) is 3. The van der Waals surface area contributed by atoms with Crippen LogP contribution in [0.15, 0.2) is 35.2 Å². The fourth-order valence-corrected chi connectivity index (χ4v) is 1.60. The van der Waals surface area contributed by atoms with Crippen LogP contribution >= 0.6 is 15.9 Å². The first kappa shape index (κ1) is 11.0. The van der Waals surface area contributed by atoms with Gasteiger partial charge in [-0.1, -0.05) is 6.92 Å². The number of hydrogen-bond donors (Lipinski definition) is 0.